The summed E-state index contributed by atoms with van der Waals surface area (Å²) in [6.45, 7) is 2.06. The molecule has 1 amide bonds. The molecule has 3 nitrogen and oxygen atoms in total. The molecule has 0 unspecified atom stereocenters. The van der Waals surface area contributed by atoms with E-state index in [2.05, 4.69) is 31.2 Å². The van der Waals surface area contributed by atoms with Gasteiger partial charge in [-0.05, 0) is 0 Å². The van der Waals surface area contributed by atoms with Gasteiger partial charge in [0.1, 0.15) is 0 Å². The Hall–Kier alpha value is -1.77. The van der Waals surface area contributed by atoms with E-state index in [9.17, 15) is 4.79 Å². The number of carbonyl (C=O) groups excluding carboxylic acids is 1. The SMILES string of the molecule is COc1ccc2c(c1)[C@](C)(C[Se]c1ccccc1)C(=O)N2C. The summed E-state index contributed by atoms with van der Waals surface area (Å²) in [4.78, 5) is 14.6. The minimum absolute atomic E-state index is 0.175. The predicted molar refractivity (Wildman–Crippen MR) is 90.4 cm³/mol. The van der Waals surface area contributed by atoms with Crippen molar-refractivity contribution in [2.24, 2.45) is 0 Å². The molecule has 1 heterocycles. The Morgan fingerprint density at radius 3 is 2.59 bits per heavy atom. The average Bonchev–Trinajstić information content (AvgIpc) is 2.76. The molecule has 114 valence electrons. The van der Waals surface area contributed by atoms with Crippen LogP contribution in [0.5, 0.6) is 5.75 Å². The average molecular weight is 360 g/mol. The maximum absolute atomic E-state index is 12.8. The fourth-order valence-electron chi connectivity index (χ4n) is 2.86. The van der Waals surface area contributed by atoms with Crippen LogP contribution in [-0.4, -0.2) is 35.0 Å². The van der Waals surface area contributed by atoms with Crippen LogP contribution in [0.15, 0.2) is 48.5 Å². The molecule has 2 aromatic carbocycles. The number of methoxy groups -OCH3 is 1. The Bertz CT molecular complexity index is 701. The summed E-state index contributed by atoms with van der Waals surface area (Å²) in [6, 6.07) is 16.3. The molecule has 0 saturated heterocycles. The van der Waals surface area contributed by atoms with E-state index < -0.39 is 5.41 Å². The van der Waals surface area contributed by atoms with E-state index in [1.54, 1.807) is 12.0 Å². The first-order valence-corrected chi connectivity index (χ1v) is 9.27. The number of amides is 1. The molecule has 2 aromatic rings. The summed E-state index contributed by atoms with van der Waals surface area (Å²) >= 11 is 0.261. The third kappa shape index (κ3) is 2.43. The van der Waals surface area contributed by atoms with Gasteiger partial charge in [-0.1, -0.05) is 0 Å². The zero-order chi connectivity index (χ0) is 15.7. The molecule has 0 fully saturated rings. The van der Waals surface area contributed by atoms with Gasteiger partial charge in [-0.15, -0.1) is 0 Å². The van der Waals surface area contributed by atoms with Crippen LogP contribution >= 0.6 is 0 Å². The Balaban J connectivity index is 1.94. The van der Waals surface area contributed by atoms with Gasteiger partial charge in [-0.3, -0.25) is 0 Å². The number of nitrogens with zero attached hydrogens (tertiary/aromatic N) is 1. The van der Waals surface area contributed by atoms with Gasteiger partial charge in [-0.25, -0.2) is 0 Å². The number of fused-ring (bicyclic) bond motifs is 1. The molecule has 0 aromatic heterocycles. The van der Waals surface area contributed by atoms with Crippen molar-refractivity contribution < 1.29 is 9.53 Å². The standard InChI is InChI=1S/C18H19NO2Se/c1-18(12-22-14-7-5-4-6-8-14)15-11-13(21-3)9-10-16(15)19(2)17(18)20/h4-11H,12H2,1-3H3/t18-/m0/s1. The van der Waals surface area contributed by atoms with Crippen molar-refractivity contribution >= 4 is 31.0 Å². The molecule has 1 aliphatic rings. The van der Waals surface area contributed by atoms with Crippen molar-refractivity contribution in [3.63, 3.8) is 0 Å². The molecule has 22 heavy (non-hydrogen) atoms. The first kappa shape index (κ1) is 15.1. The van der Waals surface area contributed by atoms with Crippen LogP contribution in [0, 0.1) is 0 Å². The van der Waals surface area contributed by atoms with E-state index in [0.29, 0.717) is 0 Å². The molecule has 0 radical (unpaired) electrons. The summed E-state index contributed by atoms with van der Waals surface area (Å²) in [5.74, 6) is 0.980. The van der Waals surface area contributed by atoms with Gasteiger partial charge in [0.2, 0.25) is 0 Å². The van der Waals surface area contributed by atoms with Crippen molar-refractivity contribution in [1.82, 2.24) is 0 Å². The molecular weight excluding hydrogens is 341 g/mol. The van der Waals surface area contributed by atoms with Crippen molar-refractivity contribution in [2.75, 3.05) is 19.1 Å². The number of benzene rings is 2. The van der Waals surface area contributed by atoms with E-state index in [4.69, 9.17) is 4.74 Å². The Morgan fingerprint density at radius 2 is 1.91 bits per heavy atom. The van der Waals surface area contributed by atoms with Crippen LogP contribution in [0.25, 0.3) is 0 Å². The second-order valence-corrected chi connectivity index (χ2v) is 7.88. The topological polar surface area (TPSA) is 29.5 Å². The normalized spacial score (nSPS) is 20.1. The number of likely N-dealkylation sites (N-methyl/N-ethyl adjacent to an activating group) is 1. The Morgan fingerprint density at radius 1 is 1.18 bits per heavy atom. The zero-order valence-corrected chi connectivity index (χ0v) is 14.7. The van der Waals surface area contributed by atoms with Gasteiger partial charge in [0, 0.05) is 0 Å². The van der Waals surface area contributed by atoms with Gasteiger partial charge >= 0.3 is 137 Å². The van der Waals surface area contributed by atoms with E-state index >= 15 is 0 Å². The van der Waals surface area contributed by atoms with Gasteiger partial charge in [0.15, 0.2) is 0 Å². The Kier molecular flexibility index (Phi) is 3.98. The van der Waals surface area contributed by atoms with Gasteiger partial charge in [-0.2, -0.15) is 0 Å². The summed E-state index contributed by atoms with van der Waals surface area (Å²) in [5, 5.41) is 0.855. The van der Waals surface area contributed by atoms with Crippen LogP contribution in [-0.2, 0) is 10.2 Å². The van der Waals surface area contributed by atoms with Gasteiger partial charge in [0.25, 0.3) is 0 Å². The molecule has 1 aliphatic heterocycles. The Labute approximate surface area is 137 Å². The summed E-state index contributed by atoms with van der Waals surface area (Å²) in [6.07, 6.45) is 0. The summed E-state index contributed by atoms with van der Waals surface area (Å²) in [5.41, 5.74) is 1.61. The molecule has 0 saturated carbocycles. The molecule has 3 rings (SSSR count). The van der Waals surface area contributed by atoms with Crippen molar-refractivity contribution in [3.05, 3.63) is 54.1 Å². The van der Waals surface area contributed by atoms with Crippen molar-refractivity contribution in [1.29, 1.82) is 0 Å². The van der Waals surface area contributed by atoms with E-state index in [1.807, 2.05) is 31.3 Å². The number of rotatable bonds is 4. The number of carbonyl (C=O) groups is 1. The third-order valence-electron chi connectivity index (χ3n) is 4.21. The van der Waals surface area contributed by atoms with Gasteiger partial charge in [0.05, 0.1) is 0 Å². The number of hydrogen-bond donors (Lipinski definition) is 0. The van der Waals surface area contributed by atoms with Crippen LogP contribution in [0.1, 0.15) is 12.5 Å². The van der Waals surface area contributed by atoms with Gasteiger partial charge < -0.3 is 0 Å². The molecule has 0 N–H and O–H groups in total. The quantitative estimate of drug-likeness (QED) is 0.784. The summed E-state index contributed by atoms with van der Waals surface area (Å²) in [7, 11) is 3.52. The fourth-order valence-corrected chi connectivity index (χ4v) is 5.13. The molecular formula is C18H19NO2Se. The third-order valence-corrected chi connectivity index (χ3v) is 6.99. The molecule has 4 heteroatoms. The van der Waals surface area contributed by atoms with Crippen molar-refractivity contribution in [2.45, 2.75) is 17.7 Å². The maximum atomic E-state index is 12.8. The van der Waals surface area contributed by atoms with Crippen LogP contribution in [0.3, 0.4) is 0 Å². The molecule has 0 bridgehead atoms. The minimum atomic E-state index is -0.464. The summed E-state index contributed by atoms with van der Waals surface area (Å²) < 4.78 is 6.66. The zero-order valence-electron chi connectivity index (χ0n) is 13.0. The molecule has 0 spiro atoms. The first-order valence-electron chi connectivity index (χ1n) is 7.21. The van der Waals surface area contributed by atoms with E-state index in [-0.39, 0.29) is 20.9 Å². The van der Waals surface area contributed by atoms with E-state index in [1.165, 1.54) is 4.46 Å². The number of ether oxygens (including phenoxy) is 1. The van der Waals surface area contributed by atoms with Crippen molar-refractivity contribution in [3.8, 4) is 5.75 Å². The monoisotopic (exact) mass is 361 g/mol. The fraction of sp³-hybridized carbons (Fsp3) is 0.278. The second kappa shape index (κ2) is 5.79. The molecule has 1 atom stereocenters. The van der Waals surface area contributed by atoms with Crippen LogP contribution < -0.4 is 14.1 Å². The first-order chi connectivity index (χ1) is 10.6. The van der Waals surface area contributed by atoms with Crippen LogP contribution in [0.4, 0.5) is 5.69 Å². The van der Waals surface area contributed by atoms with E-state index in [0.717, 1.165) is 22.3 Å². The molecule has 0 aliphatic carbocycles. The number of anilines is 1. The predicted octanol–water partition coefficient (Wildman–Crippen LogP) is 2.38. The van der Waals surface area contributed by atoms with Crippen LogP contribution in [0.2, 0.25) is 5.32 Å². The number of hydrogen-bond acceptors (Lipinski definition) is 2. The second-order valence-electron chi connectivity index (χ2n) is 5.68.